The van der Waals surface area contributed by atoms with E-state index in [9.17, 15) is 22.6 Å². The van der Waals surface area contributed by atoms with Crippen molar-refractivity contribution in [3.05, 3.63) is 78.2 Å². The molecule has 0 atom stereocenters. The van der Waals surface area contributed by atoms with Crippen LogP contribution in [0.1, 0.15) is 48.5 Å². The number of carbonyl (C=O) groups is 2. The summed E-state index contributed by atoms with van der Waals surface area (Å²) >= 11 is 7.11. The largest absolute Gasteiger partial charge is 0.397 e. The summed E-state index contributed by atoms with van der Waals surface area (Å²) in [6.07, 6.45) is 0. The van der Waals surface area contributed by atoms with Gasteiger partial charge in [-0.2, -0.15) is 8.42 Å². The fourth-order valence-electron chi connectivity index (χ4n) is 4.09. The average molecular weight is 594 g/mol. The molecule has 0 bridgehead atoms. The summed E-state index contributed by atoms with van der Waals surface area (Å²) in [5.41, 5.74) is 8.81. The van der Waals surface area contributed by atoms with Crippen molar-refractivity contribution in [3.8, 4) is 0 Å². The molecule has 33 heavy (non-hydrogen) atoms. The molecule has 1 aliphatic carbocycles. The zero-order valence-corrected chi connectivity index (χ0v) is 21.7. The van der Waals surface area contributed by atoms with Crippen LogP contribution in [0.5, 0.6) is 0 Å². The highest BCUT2D eigenvalue weighted by molar-refractivity contribution is 9.11. The summed E-state index contributed by atoms with van der Waals surface area (Å²) in [6.45, 7) is 5.64. The van der Waals surface area contributed by atoms with Gasteiger partial charge in [0.25, 0.3) is 10.1 Å². The van der Waals surface area contributed by atoms with Crippen molar-refractivity contribution in [1.82, 2.24) is 0 Å². The minimum Gasteiger partial charge on any atom is -0.397 e. The molecule has 4 rings (SSSR count). The Kier molecular flexibility index (Phi) is 5.76. The minimum absolute atomic E-state index is 0.0461. The second-order valence-corrected chi connectivity index (χ2v) is 10.7. The highest BCUT2D eigenvalue weighted by atomic mass is 79.9. The van der Waals surface area contributed by atoms with Crippen LogP contribution in [0.25, 0.3) is 0 Å². The number of rotatable bonds is 3. The molecular weight excluding hydrogens is 576 g/mol. The molecule has 0 amide bonds. The van der Waals surface area contributed by atoms with Gasteiger partial charge in [-0.05, 0) is 43.5 Å². The fourth-order valence-corrected chi connectivity index (χ4v) is 5.79. The Morgan fingerprint density at radius 2 is 1.36 bits per heavy atom. The van der Waals surface area contributed by atoms with Gasteiger partial charge in [-0.1, -0.05) is 56.1 Å². The zero-order valence-electron chi connectivity index (χ0n) is 17.7. The summed E-state index contributed by atoms with van der Waals surface area (Å²) in [5, 5.41) is 3.13. The van der Waals surface area contributed by atoms with Crippen molar-refractivity contribution in [2.75, 3.05) is 11.1 Å². The monoisotopic (exact) mass is 592 g/mol. The lowest BCUT2D eigenvalue weighted by Gasteiger charge is -2.25. The first kappa shape index (κ1) is 23.6. The lowest BCUT2D eigenvalue weighted by molar-refractivity contribution is 0.0980. The Morgan fingerprint density at radius 1 is 0.879 bits per heavy atom. The maximum atomic E-state index is 13.5. The van der Waals surface area contributed by atoms with E-state index in [1.807, 2.05) is 20.8 Å². The predicted molar refractivity (Wildman–Crippen MR) is 133 cm³/mol. The number of nitrogens with two attached hydrogens (primary N) is 1. The summed E-state index contributed by atoms with van der Waals surface area (Å²) in [5.74, 6) is -1.07. The van der Waals surface area contributed by atoms with E-state index in [4.69, 9.17) is 5.73 Å². The van der Waals surface area contributed by atoms with Crippen molar-refractivity contribution in [1.29, 1.82) is 0 Å². The van der Waals surface area contributed by atoms with Crippen LogP contribution in [-0.2, 0) is 10.1 Å². The smallest absolute Gasteiger partial charge is 0.296 e. The number of ketones is 2. The first-order valence-corrected chi connectivity index (χ1v) is 12.7. The molecule has 0 saturated heterocycles. The van der Waals surface area contributed by atoms with Gasteiger partial charge in [-0.3, -0.25) is 14.1 Å². The van der Waals surface area contributed by atoms with Crippen LogP contribution in [0, 0.1) is 20.8 Å². The van der Waals surface area contributed by atoms with E-state index in [2.05, 4.69) is 37.2 Å². The van der Waals surface area contributed by atoms with Crippen molar-refractivity contribution in [3.63, 3.8) is 0 Å². The summed E-state index contributed by atoms with van der Waals surface area (Å²) in [6, 6.07) is 7.34. The average Bonchev–Trinajstić information content (AvgIpc) is 2.77. The quantitative estimate of drug-likeness (QED) is 0.212. The Bertz CT molecular complexity index is 1480. The number of nitrogen functional groups attached to an aromatic ring is 1. The first-order valence-electron chi connectivity index (χ1n) is 9.70. The van der Waals surface area contributed by atoms with Gasteiger partial charge in [-0.15, -0.1) is 0 Å². The van der Waals surface area contributed by atoms with Crippen LogP contribution in [0.15, 0.2) is 44.2 Å². The molecule has 0 radical (unpaired) electrons. The lowest BCUT2D eigenvalue weighted by atomic mass is 9.82. The third-order valence-electron chi connectivity index (χ3n) is 5.80. The number of fused-ring (bicyclic) bond motifs is 2. The second-order valence-electron chi connectivity index (χ2n) is 7.77. The topological polar surface area (TPSA) is 127 Å². The Labute approximate surface area is 207 Å². The van der Waals surface area contributed by atoms with E-state index in [-0.39, 0.29) is 27.9 Å². The summed E-state index contributed by atoms with van der Waals surface area (Å²) < 4.78 is 35.6. The molecule has 1 aliphatic rings. The van der Waals surface area contributed by atoms with E-state index >= 15 is 0 Å². The van der Waals surface area contributed by atoms with Crippen molar-refractivity contribution in [2.45, 2.75) is 25.7 Å². The van der Waals surface area contributed by atoms with Gasteiger partial charge in [0.15, 0.2) is 11.6 Å². The number of anilines is 3. The standard InChI is InChI=1S/C23H18Br2N2O5S/c1-9-18(24)10(2)21(11(3)19(9)25)27-14-8-15(33(30,31)32)20(26)17-16(14)22(28)12-6-4-5-7-13(12)23(17)29/h4-8,27H,26H2,1-3H3,(H,30,31,32). The summed E-state index contributed by atoms with van der Waals surface area (Å²) in [4.78, 5) is 26.1. The van der Waals surface area contributed by atoms with E-state index in [1.54, 1.807) is 12.1 Å². The zero-order chi connectivity index (χ0) is 24.4. The Morgan fingerprint density at radius 3 is 1.85 bits per heavy atom. The van der Waals surface area contributed by atoms with Crippen LogP contribution in [0.3, 0.4) is 0 Å². The molecular formula is C23H18Br2N2O5S. The molecule has 0 unspecified atom stereocenters. The van der Waals surface area contributed by atoms with Gasteiger partial charge in [0.05, 0.1) is 22.5 Å². The third kappa shape index (κ3) is 3.61. The fraction of sp³-hybridized carbons (Fsp3) is 0.130. The van der Waals surface area contributed by atoms with Crippen LogP contribution in [-0.4, -0.2) is 24.5 Å². The molecule has 7 nitrogen and oxygen atoms in total. The molecule has 0 heterocycles. The number of carbonyl (C=O) groups excluding carboxylic acids is 2. The van der Waals surface area contributed by atoms with Gasteiger partial charge in [0, 0.05) is 25.8 Å². The maximum Gasteiger partial charge on any atom is 0.296 e. The minimum atomic E-state index is -4.79. The Balaban J connectivity index is 2.08. The second kappa shape index (κ2) is 8.05. The highest BCUT2D eigenvalue weighted by Gasteiger charge is 2.36. The van der Waals surface area contributed by atoms with Crippen molar-refractivity contribution >= 4 is 70.6 Å². The van der Waals surface area contributed by atoms with Gasteiger partial charge in [0.1, 0.15) is 4.90 Å². The third-order valence-corrected chi connectivity index (χ3v) is 9.08. The number of hydrogen-bond donors (Lipinski definition) is 3. The first-order chi connectivity index (χ1) is 15.4. The van der Waals surface area contributed by atoms with Gasteiger partial charge < -0.3 is 11.1 Å². The van der Waals surface area contributed by atoms with E-state index in [0.717, 1.165) is 31.7 Å². The van der Waals surface area contributed by atoms with Crippen LogP contribution >= 0.6 is 31.9 Å². The van der Waals surface area contributed by atoms with Gasteiger partial charge >= 0.3 is 0 Å². The highest BCUT2D eigenvalue weighted by Crippen LogP contribution is 2.43. The maximum absolute atomic E-state index is 13.5. The molecule has 0 fully saturated rings. The predicted octanol–water partition coefficient (Wildman–Crippen LogP) is 5.48. The molecule has 3 aromatic carbocycles. The molecule has 0 saturated carbocycles. The molecule has 3 aromatic rings. The van der Waals surface area contributed by atoms with Gasteiger partial charge in [-0.25, -0.2) is 0 Å². The molecule has 0 aliphatic heterocycles. The molecule has 10 heteroatoms. The number of halogens is 2. The Hall–Kier alpha value is -2.53. The van der Waals surface area contributed by atoms with E-state index < -0.39 is 32.3 Å². The molecule has 170 valence electrons. The van der Waals surface area contributed by atoms with Crippen molar-refractivity contribution < 1.29 is 22.6 Å². The number of hydrogen-bond acceptors (Lipinski definition) is 6. The molecule has 4 N–H and O–H groups in total. The normalized spacial score (nSPS) is 13.0. The van der Waals surface area contributed by atoms with Crippen LogP contribution in [0.2, 0.25) is 0 Å². The van der Waals surface area contributed by atoms with Gasteiger partial charge in [0.2, 0.25) is 0 Å². The number of nitrogens with one attached hydrogen (secondary N) is 1. The molecule has 0 aromatic heterocycles. The lowest BCUT2D eigenvalue weighted by Crippen LogP contribution is -2.25. The number of benzene rings is 3. The van der Waals surface area contributed by atoms with Crippen molar-refractivity contribution in [2.24, 2.45) is 0 Å². The van der Waals surface area contributed by atoms with E-state index in [0.29, 0.717) is 5.69 Å². The SMILES string of the molecule is Cc1c(Br)c(C)c(Nc2cc(S(=O)(=O)O)c(N)c3c2C(=O)c2ccccc2C3=O)c(C)c1Br. The molecule has 0 spiro atoms. The van der Waals surface area contributed by atoms with Crippen LogP contribution < -0.4 is 11.1 Å². The summed E-state index contributed by atoms with van der Waals surface area (Å²) in [7, 11) is -4.79. The van der Waals surface area contributed by atoms with E-state index in [1.165, 1.54) is 12.1 Å². The van der Waals surface area contributed by atoms with Crippen LogP contribution in [0.4, 0.5) is 17.1 Å².